The average Bonchev–Trinajstić information content (AvgIpc) is 2.75. The zero-order chi connectivity index (χ0) is 12.4. The molecule has 3 N–H and O–H groups in total. The van der Waals surface area contributed by atoms with Crippen LogP contribution in [0.2, 0.25) is 0 Å². The lowest BCUT2D eigenvalue weighted by Crippen LogP contribution is -2.32. The van der Waals surface area contributed by atoms with Gasteiger partial charge in [-0.3, -0.25) is 5.41 Å². The maximum absolute atomic E-state index is 7.38. The van der Waals surface area contributed by atoms with Crippen molar-refractivity contribution in [2.24, 2.45) is 11.7 Å². The summed E-state index contributed by atoms with van der Waals surface area (Å²) < 4.78 is 1.71. The minimum absolute atomic E-state index is 0.0166. The summed E-state index contributed by atoms with van der Waals surface area (Å²) in [6.07, 6.45) is 3.58. The van der Waals surface area contributed by atoms with Crippen molar-refractivity contribution in [3.05, 3.63) is 24.5 Å². The molecule has 0 aliphatic heterocycles. The first kappa shape index (κ1) is 11.4. The number of nitrogens with zero attached hydrogens (tertiary/aromatic N) is 4. The summed E-state index contributed by atoms with van der Waals surface area (Å²) in [5.41, 5.74) is 6.27. The van der Waals surface area contributed by atoms with E-state index in [0.717, 1.165) is 11.5 Å². The van der Waals surface area contributed by atoms with E-state index in [4.69, 9.17) is 11.1 Å². The molecule has 2 aromatic rings. The zero-order valence-corrected chi connectivity index (χ0v) is 9.96. The van der Waals surface area contributed by atoms with Gasteiger partial charge in [-0.2, -0.15) is 5.10 Å². The summed E-state index contributed by atoms with van der Waals surface area (Å²) in [6, 6.07) is 3.75. The Morgan fingerprint density at radius 3 is 3.06 bits per heavy atom. The van der Waals surface area contributed by atoms with Crippen molar-refractivity contribution in [2.45, 2.75) is 6.92 Å². The van der Waals surface area contributed by atoms with Crippen LogP contribution in [0.5, 0.6) is 0 Å². The molecule has 0 saturated heterocycles. The Hall–Kier alpha value is -2.11. The maximum Gasteiger partial charge on any atom is 0.157 e. The third kappa shape index (κ3) is 2.35. The molecule has 1 atom stereocenters. The van der Waals surface area contributed by atoms with E-state index in [1.54, 1.807) is 10.7 Å². The topological polar surface area (TPSA) is 83.3 Å². The summed E-state index contributed by atoms with van der Waals surface area (Å²) >= 11 is 0. The molecule has 17 heavy (non-hydrogen) atoms. The highest BCUT2D eigenvalue weighted by molar-refractivity contribution is 5.79. The van der Waals surface area contributed by atoms with Crippen molar-refractivity contribution >= 4 is 17.3 Å². The summed E-state index contributed by atoms with van der Waals surface area (Å²) in [4.78, 5) is 6.45. The van der Waals surface area contributed by atoms with E-state index in [-0.39, 0.29) is 11.8 Å². The van der Waals surface area contributed by atoms with Gasteiger partial charge in [-0.15, -0.1) is 0 Å². The molecule has 0 fully saturated rings. The predicted molar refractivity (Wildman–Crippen MR) is 67.3 cm³/mol. The largest absolute Gasteiger partial charge is 0.387 e. The molecule has 0 saturated carbocycles. The summed E-state index contributed by atoms with van der Waals surface area (Å²) in [5, 5.41) is 11.5. The Bertz CT molecular complexity index is 531. The molecular formula is C11H16N6. The van der Waals surface area contributed by atoms with Crippen molar-refractivity contribution in [3.63, 3.8) is 0 Å². The number of hydrogen-bond acceptors (Lipinski definition) is 4. The van der Waals surface area contributed by atoms with Gasteiger partial charge < -0.3 is 10.6 Å². The first-order chi connectivity index (χ1) is 8.08. The number of hydrogen-bond donors (Lipinski definition) is 2. The smallest absolute Gasteiger partial charge is 0.157 e. The predicted octanol–water partition coefficient (Wildman–Crippen LogP) is 0.738. The van der Waals surface area contributed by atoms with E-state index in [2.05, 4.69) is 10.1 Å². The minimum Gasteiger partial charge on any atom is -0.387 e. The second-order valence-corrected chi connectivity index (χ2v) is 4.16. The van der Waals surface area contributed by atoms with Gasteiger partial charge in [0.15, 0.2) is 5.65 Å². The molecule has 1 unspecified atom stereocenters. The monoisotopic (exact) mass is 232 g/mol. The van der Waals surface area contributed by atoms with Gasteiger partial charge in [0.25, 0.3) is 0 Å². The fraction of sp³-hybridized carbons (Fsp3) is 0.364. The van der Waals surface area contributed by atoms with Crippen LogP contribution in [0.15, 0.2) is 24.5 Å². The first-order valence-corrected chi connectivity index (χ1v) is 5.43. The van der Waals surface area contributed by atoms with E-state index >= 15 is 0 Å². The number of anilines is 1. The van der Waals surface area contributed by atoms with Crippen LogP contribution in [-0.2, 0) is 0 Å². The lowest BCUT2D eigenvalue weighted by Gasteiger charge is -2.21. The molecule has 0 aliphatic carbocycles. The van der Waals surface area contributed by atoms with Gasteiger partial charge in [0.2, 0.25) is 0 Å². The standard InChI is InChI=1S/C11H16N6/c1-8(11(12)13)7-16(2)9-4-6-17-10(15-9)3-5-14-17/h3-6,8H,7H2,1-2H3,(H3,12,13). The Labute approximate surface area is 99.6 Å². The summed E-state index contributed by atoms with van der Waals surface area (Å²) in [7, 11) is 1.94. The molecule has 90 valence electrons. The third-order valence-corrected chi connectivity index (χ3v) is 2.71. The number of rotatable bonds is 4. The molecule has 6 nitrogen and oxygen atoms in total. The van der Waals surface area contributed by atoms with Crippen molar-refractivity contribution in [2.75, 3.05) is 18.5 Å². The van der Waals surface area contributed by atoms with E-state index < -0.39 is 0 Å². The molecule has 0 aliphatic rings. The highest BCUT2D eigenvalue weighted by Crippen LogP contribution is 2.12. The normalized spacial score (nSPS) is 12.6. The number of fused-ring (bicyclic) bond motifs is 1. The fourth-order valence-corrected chi connectivity index (χ4v) is 1.62. The first-order valence-electron chi connectivity index (χ1n) is 5.43. The number of nitrogens with one attached hydrogen (secondary N) is 1. The second kappa shape index (κ2) is 4.40. The van der Waals surface area contributed by atoms with Crippen molar-refractivity contribution < 1.29 is 0 Å². The average molecular weight is 232 g/mol. The van der Waals surface area contributed by atoms with E-state index in [1.165, 1.54) is 0 Å². The van der Waals surface area contributed by atoms with Crippen molar-refractivity contribution in [1.29, 1.82) is 5.41 Å². The number of aromatic nitrogens is 3. The van der Waals surface area contributed by atoms with Crippen LogP contribution in [0, 0.1) is 11.3 Å². The van der Waals surface area contributed by atoms with Crippen molar-refractivity contribution in [3.8, 4) is 0 Å². The van der Waals surface area contributed by atoms with Crippen LogP contribution in [0.4, 0.5) is 5.82 Å². The molecule has 0 bridgehead atoms. The number of amidine groups is 1. The number of nitrogens with two attached hydrogens (primary N) is 1. The summed E-state index contributed by atoms with van der Waals surface area (Å²) in [5.74, 6) is 1.07. The third-order valence-electron chi connectivity index (χ3n) is 2.71. The van der Waals surface area contributed by atoms with Gasteiger partial charge in [-0.25, -0.2) is 9.50 Å². The maximum atomic E-state index is 7.38. The highest BCUT2D eigenvalue weighted by Gasteiger charge is 2.11. The van der Waals surface area contributed by atoms with Gasteiger partial charge in [0, 0.05) is 31.8 Å². The second-order valence-electron chi connectivity index (χ2n) is 4.16. The molecule has 0 aromatic carbocycles. The summed E-state index contributed by atoms with van der Waals surface area (Å²) in [6.45, 7) is 2.60. The zero-order valence-electron chi connectivity index (χ0n) is 9.96. The molecule has 2 aromatic heterocycles. The van der Waals surface area contributed by atoms with Crippen LogP contribution >= 0.6 is 0 Å². The van der Waals surface area contributed by atoms with Gasteiger partial charge in [0.05, 0.1) is 12.0 Å². The van der Waals surface area contributed by atoms with E-state index in [0.29, 0.717) is 6.54 Å². The quantitative estimate of drug-likeness (QED) is 0.601. The lowest BCUT2D eigenvalue weighted by molar-refractivity contribution is 0.722. The van der Waals surface area contributed by atoms with Crippen LogP contribution in [0.25, 0.3) is 5.65 Å². The SMILES string of the molecule is CC(CN(C)c1ccn2nccc2n1)C(=N)N. The molecule has 0 amide bonds. The van der Waals surface area contributed by atoms with E-state index in [1.807, 2.05) is 37.2 Å². The molecule has 2 heterocycles. The molecule has 0 radical (unpaired) electrons. The molecule has 6 heteroatoms. The van der Waals surface area contributed by atoms with Crippen LogP contribution in [0.3, 0.4) is 0 Å². The van der Waals surface area contributed by atoms with Gasteiger partial charge in [0.1, 0.15) is 5.82 Å². The Kier molecular flexibility index (Phi) is 2.95. The molecule has 2 rings (SSSR count). The van der Waals surface area contributed by atoms with Crippen molar-refractivity contribution in [1.82, 2.24) is 14.6 Å². The van der Waals surface area contributed by atoms with Gasteiger partial charge in [-0.1, -0.05) is 6.92 Å². The van der Waals surface area contributed by atoms with E-state index in [9.17, 15) is 0 Å². The lowest BCUT2D eigenvalue weighted by atomic mass is 10.1. The van der Waals surface area contributed by atoms with Crippen LogP contribution in [0.1, 0.15) is 6.92 Å². The molecular weight excluding hydrogens is 216 g/mol. The van der Waals surface area contributed by atoms with Crippen LogP contribution in [-0.4, -0.2) is 34.0 Å². The van der Waals surface area contributed by atoms with Crippen LogP contribution < -0.4 is 10.6 Å². The Morgan fingerprint density at radius 1 is 1.59 bits per heavy atom. The van der Waals surface area contributed by atoms with Gasteiger partial charge in [-0.05, 0) is 6.07 Å². The fourth-order valence-electron chi connectivity index (χ4n) is 1.62. The molecule has 0 spiro atoms. The Balaban J connectivity index is 2.18. The minimum atomic E-state index is 0.0166. The Morgan fingerprint density at radius 2 is 2.35 bits per heavy atom. The van der Waals surface area contributed by atoms with Gasteiger partial charge >= 0.3 is 0 Å². The highest BCUT2D eigenvalue weighted by atomic mass is 15.3.